The van der Waals surface area contributed by atoms with Crippen LogP contribution in [0.1, 0.15) is 34.5 Å². The van der Waals surface area contributed by atoms with E-state index < -0.39 is 17.8 Å². The average molecular weight is 442 g/mol. The maximum Gasteiger partial charge on any atom is 0.435 e. The molecular formula is C18H21F3N6O2S. The van der Waals surface area contributed by atoms with Gasteiger partial charge in [-0.3, -0.25) is 18.7 Å². The van der Waals surface area contributed by atoms with E-state index in [0.29, 0.717) is 0 Å². The van der Waals surface area contributed by atoms with Crippen molar-refractivity contribution in [1.29, 1.82) is 0 Å². The van der Waals surface area contributed by atoms with Crippen molar-refractivity contribution in [2.45, 2.75) is 33.0 Å². The van der Waals surface area contributed by atoms with Gasteiger partial charge in [0.25, 0.3) is 5.91 Å². The first-order valence-electron chi connectivity index (χ1n) is 9.19. The molecule has 2 amide bonds. The van der Waals surface area contributed by atoms with Gasteiger partial charge >= 0.3 is 6.18 Å². The Morgan fingerprint density at radius 3 is 2.73 bits per heavy atom. The van der Waals surface area contributed by atoms with Crippen LogP contribution < -0.4 is 5.32 Å². The number of rotatable bonds is 7. The van der Waals surface area contributed by atoms with Crippen molar-refractivity contribution in [1.82, 2.24) is 29.4 Å². The summed E-state index contributed by atoms with van der Waals surface area (Å²) in [6.07, 6.45) is -2.58. The molecule has 0 saturated carbocycles. The Morgan fingerprint density at radius 1 is 1.33 bits per heavy atom. The van der Waals surface area contributed by atoms with E-state index in [-0.39, 0.29) is 37.7 Å². The number of halogens is 3. The molecule has 3 aromatic rings. The zero-order valence-electron chi connectivity index (χ0n) is 16.7. The van der Waals surface area contributed by atoms with E-state index in [2.05, 4.69) is 15.4 Å². The molecule has 0 aliphatic rings. The van der Waals surface area contributed by atoms with E-state index in [9.17, 15) is 22.8 Å². The minimum Gasteiger partial charge on any atom is -0.349 e. The van der Waals surface area contributed by atoms with E-state index in [0.717, 1.165) is 27.1 Å². The molecule has 0 unspecified atom stereocenters. The second kappa shape index (κ2) is 8.46. The Balaban J connectivity index is 1.55. The second-order valence-electron chi connectivity index (χ2n) is 6.74. The van der Waals surface area contributed by atoms with Crippen LogP contribution in [0, 0.1) is 6.92 Å². The molecule has 3 rings (SSSR count). The van der Waals surface area contributed by atoms with Gasteiger partial charge in [0.05, 0.1) is 12.1 Å². The Hall–Kier alpha value is -2.89. The molecule has 3 heterocycles. The minimum absolute atomic E-state index is 0.0978. The summed E-state index contributed by atoms with van der Waals surface area (Å²) in [4.78, 5) is 31.4. The maximum atomic E-state index is 12.8. The number of amides is 2. The molecule has 0 aliphatic heterocycles. The van der Waals surface area contributed by atoms with Gasteiger partial charge in [0.2, 0.25) is 5.91 Å². The number of imidazole rings is 1. The second-order valence-corrected chi connectivity index (χ2v) is 7.57. The third-order valence-electron chi connectivity index (χ3n) is 4.50. The smallest absolute Gasteiger partial charge is 0.349 e. The van der Waals surface area contributed by atoms with Crippen LogP contribution in [0.5, 0.6) is 0 Å². The van der Waals surface area contributed by atoms with E-state index in [1.165, 1.54) is 16.2 Å². The lowest BCUT2D eigenvalue weighted by atomic mass is 10.3. The fraction of sp³-hybridized carbons (Fsp3) is 0.444. The standard InChI is InChI=1S/C18H21F3N6O2S/c1-4-27-13(8-14(24-27)18(19,20)21)16(29)22-5-6-25(3)15(28)7-12-10-30-17-23-11(2)9-26(12)17/h8-10H,4-7H2,1-3H3,(H,22,29). The Kier molecular flexibility index (Phi) is 6.15. The van der Waals surface area contributed by atoms with E-state index in [4.69, 9.17) is 0 Å². The number of hydrogen-bond acceptors (Lipinski definition) is 5. The van der Waals surface area contributed by atoms with Crippen LogP contribution in [0.3, 0.4) is 0 Å². The molecule has 12 heteroatoms. The number of likely N-dealkylation sites (N-methyl/N-ethyl adjacent to an activating group) is 1. The van der Waals surface area contributed by atoms with Crippen LogP contribution in [0.15, 0.2) is 17.6 Å². The highest BCUT2D eigenvalue weighted by molar-refractivity contribution is 7.15. The third kappa shape index (κ3) is 4.64. The summed E-state index contributed by atoms with van der Waals surface area (Å²) in [5.74, 6) is -0.817. The number of carbonyl (C=O) groups is 2. The van der Waals surface area contributed by atoms with Crippen LogP contribution in [0.25, 0.3) is 4.96 Å². The number of thiazole rings is 1. The van der Waals surface area contributed by atoms with Gasteiger partial charge in [-0.2, -0.15) is 18.3 Å². The summed E-state index contributed by atoms with van der Waals surface area (Å²) in [5.41, 5.74) is 0.406. The maximum absolute atomic E-state index is 12.8. The molecular weight excluding hydrogens is 421 g/mol. The Morgan fingerprint density at radius 2 is 2.07 bits per heavy atom. The van der Waals surface area contributed by atoms with Gasteiger partial charge in [0.1, 0.15) is 5.69 Å². The van der Waals surface area contributed by atoms with Gasteiger partial charge < -0.3 is 10.2 Å². The number of aromatic nitrogens is 4. The fourth-order valence-corrected chi connectivity index (χ4v) is 3.81. The Labute approximate surface area is 174 Å². The van der Waals surface area contributed by atoms with Crippen LogP contribution in [0.4, 0.5) is 13.2 Å². The SMILES string of the molecule is CCn1nc(C(F)(F)F)cc1C(=O)NCCN(C)C(=O)Cc1csc2nc(C)cn12. The van der Waals surface area contributed by atoms with E-state index >= 15 is 0 Å². The molecule has 8 nitrogen and oxygen atoms in total. The molecule has 0 fully saturated rings. The highest BCUT2D eigenvalue weighted by Gasteiger charge is 2.35. The number of nitrogens with zero attached hydrogens (tertiary/aromatic N) is 5. The average Bonchev–Trinajstić information content (AvgIpc) is 3.35. The molecule has 0 bridgehead atoms. The largest absolute Gasteiger partial charge is 0.435 e. The normalized spacial score (nSPS) is 11.8. The van der Waals surface area contributed by atoms with Crippen LogP contribution in [-0.2, 0) is 23.9 Å². The molecule has 162 valence electrons. The fourth-order valence-electron chi connectivity index (χ4n) is 2.89. The number of aryl methyl sites for hydroxylation is 2. The molecule has 0 aromatic carbocycles. The van der Waals surface area contributed by atoms with Gasteiger partial charge in [-0.25, -0.2) is 4.98 Å². The van der Waals surface area contributed by atoms with Gasteiger partial charge in [-0.1, -0.05) is 0 Å². The van der Waals surface area contributed by atoms with Gasteiger partial charge in [-0.05, 0) is 13.8 Å². The highest BCUT2D eigenvalue weighted by Crippen LogP contribution is 2.28. The van der Waals surface area contributed by atoms with Crippen molar-refractivity contribution in [3.8, 4) is 0 Å². The molecule has 0 radical (unpaired) electrons. The van der Waals surface area contributed by atoms with Crippen LogP contribution >= 0.6 is 11.3 Å². The van der Waals surface area contributed by atoms with Crippen molar-refractivity contribution >= 4 is 28.1 Å². The van der Waals surface area contributed by atoms with E-state index in [1.54, 1.807) is 14.0 Å². The van der Waals surface area contributed by atoms with Crippen molar-refractivity contribution in [3.63, 3.8) is 0 Å². The monoisotopic (exact) mass is 442 g/mol. The quantitative estimate of drug-likeness (QED) is 0.609. The summed E-state index contributed by atoms with van der Waals surface area (Å²) in [6.45, 7) is 3.91. The predicted octanol–water partition coefficient (Wildman–Crippen LogP) is 2.37. The first-order chi connectivity index (χ1) is 14.1. The van der Waals surface area contributed by atoms with Gasteiger partial charge in [-0.15, -0.1) is 11.3 Å². The zero-order valence-corrected chi connectivity index (χ0v) is 17.5. The minimum atomic E-state index is -4.62. The summed E-state index contributed by atoms with van der Waals surface area (Å²) in [5, 5.41) is 7.84. The molecule has 0 atom stereocenters. The third-order valence-corrected chi connectivity index (χ3v) is 5.39. The summed E-state index contributed by atoms with van der Waals surface area (Å²) >= 11 is 1.45. The number of fused-ring (bicyclic) bond motifs is 1. The zero-order chi connectivity index (χ0) is 22.1. The first-order valence-corrected chi connectivity index (χ1v) is 10.1. The Bertz CT molecular complexity index is 1070. The predicted molar refractivity (Wildman–Crippen MR) is 104 cm³/mol. The summed E-state index contributed by atoms with van der Waals surface area (Å²) in [7, 11) is 1.61. The number of hydrogen-bond donors (Lipinski definition) is 1. The lowest BCUT2D eigenvalue weighted by Crippen LogP contribution is -2.37. The van der Waals surface area contributed by atoms with Gasteiger partial charge in [0, 0.05) is 50.0 Å². The molecule has 3 aromatic heterocycles. The number of nitrogens with one attached hydrogen (secondary N) is 1. The van der Waals surface area contributed by atoms with E-state index in [1.807, 2.05) is 22.9 Å². The molecule has 0 saturated heterocycles. The van der Waals surface area contributed by atoms with Crippen molar-refractivity contribution in [3.05, 3.63) is 40.4 Å². The molecule has 0 aliphatic carbocycles. The highest BCUT2D eigenvalue weighted by atomic mass is 32.1. The van der Waals surface area contributed by atoms with Crippen molar-refractivity contribution in [2.75, 3.05) is 20.1 Å². The molecule has 30 heavy (non-hydrogen) atoms. The summed E-state index contributed by atoms with van der Waals surface area (Å²) < 4.78 is 41.4. The lowest BCUT2D eigenvalue weighted by Gasteiger charge is -2.17. The van der Waals surface area contributed by atoms with Crippen LogP contribution in [-0.4, -0.2) is 56.0 Å². The first kappa shape index (κ1) is 21.8. The van der Waals surface area contributed by atoms with Crippen molar-refractivity contribution in [2.24, 2.45) is 0 Å². The lowest BCUT2D eigenvalue weighted by molar-refractivity contribution is -0.141. The summed E-state index contributed by atoms with van der Waals surface area (Å²) in [6, 6.07) is 0.725. The number of alkyl halides is 3. The van der Waals surface area contributed by atoms with Crippen molar-refractivity contribution < 1.29 is 22.8 Å². The van der Waals surface area contributed by atoms with Crippen LogP contribution in [0.2, 0.25) is 0 Å². The number of carbonyl (C=O) groups excluding carboxylic acids is 2. The molecule has 1 N–H and O–H groups in total. The molecule has 0 spiro atoms. The topological polar surface area (TPSA) is 84.5 Å². The van der Waals surface area contributed by atoms with Gasteiger partial charge in [0.15, 0.2) is 10.7 Å².